The second-order valence-electron chi connectivity index (χ2n) is 7.31. The molecule has 0 saturated carbocycles. The first-order valence-electron chi connectivity index (χ1n) is 9.31. The zero-order valence-electron chi connectivity index (χ0n) is 16.6. The molecule has 0 spiro atoms. The van der Waals surface area contributed by atoms with E-state index in [1.54, 1.807) is 12.1 Å². The summed E-state index contributed by atoms with van der Waals surface area (Å²) in [5.74, 6) is -0.272. The molecule has 6 nitrogen and oxygen atoms in total. The lowest BCUT2D eigenvalue weighted by molar-refractivity contribution is -0.0440. The van der Waals surface area contributed by atoms with Crippen molar-refractivity contribution in [1.29, 1.82) is 0 Å². The molecule has 1 N–H and O–H groups in total. The molecule has 7 heteroatoms. The standard InChI is InChI=1S/C21H26N2O4S/c1-14-6-5-7-20(17(14)4)22-21(24)18-8-10-19(11-9-18)28(25,26)23-12-15(2)27-16(3)13-23/h5-11,15-16H,12-13H2,1-4H3,(H,22,24)/t15-,16-/m0/s1. The quantitative estimate of drug-likeness (QED) is 0.851. The van der Waals surface area contributed by atoms with Crippen molar-refractivity contribution >= 4 is 21.6 Å². The molecule has 1 amide bonds. The number of sulfonamides is 1. The van der Waals surface area contributed by atoms with Gasteiger partial charge in [0.2, 0.25) is 10.0 Å². The number of rotatable bonds is 4. The SMILES string of the molecule is Cc1cccc(NC(=O)c2ccc(S(=O)(=O)N3C[C@H](C)O[C@@H](C)C3)cc2)c1C. The van der Waals surface area contributed by atoms with Gasteiger partial charge < -0.3 is 10.1 Å². The van der Waals surface area contributed by atoms with Gasteiger partial charge in [0.15, 0.2) is 0 Å². The van der Waals surface area contributed by atoms with E-state index in [9.17, 15) is 13.2 Å². The third-order valence-corrected chi connectivity index (χ3v) is 6.84. The number of carbonyl (C=O) groups is 1. The number of morpholine rings is 1. The molecule has 0 radical (unpaired) electrons. The highest BCUT2D eigenvalue weighted by atomic mass is 32.2. The molecule has 0 aliphatic carbocycles. The molecular weight excluding hydrogens is 376 g/mol. The Balaban J connectivity index is 1.77. The summed E-state index contributed by atoms with van der Waals surface area (Å²) in [5, 5.41) is 2.89. The van der Waals surface area contributed by atoms with E-state index in [1.807, 2.05) is 45.9 Å². The van der Waals surface area contributed by atoms with Crippen LogP contribution >= 0.6 is 0 Å². The van der Waals surface area contributed by atoms with E-state index >= 15 is 0 Å². The molecule has 150 valence electrons. The summed E-state index contributed by atoms with van der Waals surface area (Å²) in [4.78, 5) is 12.7. The molecule has 1 heterocycles. The van der Waals surface area contributed by atoms with Gasteiger partial charge >= 0.3 is 0 Å². The predicted molar refractivity (Wildman–Crippen MR) is 109 cm³/mol. The molecular formula is C21H26N2O4S. The molecule has 1 aliphatic heterocycles. The zero-order chi connectivity index (χ0) is 20.5. The first-order valence-corrected chi connectivity index (χ1v) is 10.8. The van der Waals surface area contributed by atoms with Crippen molar-refractivity contribution in [1.82, 2.24) is 4.31 Å². The maximum atomic E-state index is 12.9. The molecule has 1 fully saturated rings. The van der Waals surface area contributed by atoms with Crippen LogP contribution in [0.2, 0.25) is 0 Å². The van der Waals surface area contributed by atoms with Crippen molar-refractivity contribution in [2.24, 2.45) is 0 Å². The molecule has 1 aliphatic rings. The van der Waals surface area contributed by atoms with E-state index in [-0.39, 0.29) is 23.0 Å². The molecule has 3 rings (SSSR count). The maximum absolute atomic E-state index is 12.9. The van der Waals surface area contributed by atoms with Crippen LogP contribution in [0.5, 0.6) is 0 Å². The lowest BCUT2D eigenvalue weighted by atomic mass is 10.1. The average molecular weight is 403 g/mol. The van der Waals surface area contributed by atoms with Crippen LogP contribution in [0.4, 0.5) is 5.69 Å². The molecule has 28 heavy (non-hydrogen) atoms. The highest BCUT2D eigenvalue weighted by Gasteiger charge is 2.32. The maximum Gasteiger partial charge on any atom is 0.255 e. The van der Waals surface area contributed by atoms with E-state index in [2.05, 4.69) is 5.32 Å². The van der Waals surface area contributed by atoms with Crippen molar-refractivity contribution in [2.45, 2.75) is 44.8 Å². The van der Waals surface area contributed by atoms with Gasteiger partial charge in [-0.15, -0.1) is 0 Å². The summed E-state index contributed by atoms with van der Waals surface area (Å²) < 4.78 is 32.9. The number of aryl methyl sites for hydroxylation is 1. The number of hydrogen-bond donors (Lipinski definition) is 1. The number of amides is 1. The summed E-state index contributed by atoms with van der Waals surface area (Å²) in [6.45, 7) is 8.30. The molecule has 0 aromatic heterocycles. The summed E-state index contributed by atoms with van der Waals surface area (Å²) in [6, 6.07) is 11.8. The van der Waals surface area contributed by atoms with Crippen LogP contribution in [0, 0.1) is 13.8 Å². The number of anilines is 1. The van der Waals surface area contributed by atoms with Crippen molar-refractivity contribution in [3.05, 3.63) is 59.2 Å². The monoisotopic (exact) mass is 402 g/mol. The smallest absolute Gasteiger partial charge is 0.255 e. The second-order valence-corrected chi connectivity index (χ2v) is 9.24. The van der Waals surface area contributed by atoms with Crippen molar-refractivity contribution in [3.8, 4) is 0 Å². The summed E-state index contributed by atoms with van der Waals surface area (Å²) in [6.07, 6.45) is -0.303. The van der Waals surface area contributed by atoms with Gasteiger partial charge in [0, 0.05) is 24.3 Å². The van der Waals surface area contributed by atoms with Gasteiger partial charge in [0.1, 0.15) is 0 Å². The Labute approximate surface area is 166 Å². The van der Waals surface area contributed by atoms with Gasteiger partial charge in [0.25, 0.3) is 5.91 Å². The molecule has 2 aromatic rings. The third-order valence-electron chi connectivity index (χ3n) is 4.99. The largest absolute Gasteiger partial charge is 0.373 e. The van der Waals surface area contributed by atoms with E-state index in [0.717, 1.165) is 16.8 Å². The van der Waals surface area contributed by atoms with Crippen LogP contribution in [0.1, 0.15) is 35.3 Å². The second kappa shape index (κ2) is 8.03. The number of carbonyl (C=O) groups excluding carboxylic acids is 1. The number of hydrogen-bond acceptors (Lipinski definition) is 4. The van der Waals surface area contributed by atoms with Gasteiger partial charge in [-0.3, -0.25) is 4.79 Å². The number of ether oxygens (including phenoxy) is 1. The normalized spacial score (nSPS) is 20.7. The minimum Gasteiger partial charge on any atom is -0.373 e. The zero-order valence-corrected chi connectivity index (χ0v) is 17.4. The van der Waals surface area contributed by atoms with E-state index < -0.39 is 10.0 Å². The Hall–Kier alpha value is -2.22. The first kappa shape index (κ1) is 20.5. The molecule has 2 atom stereocenters. The Morgan fingerprint density at radius 2 is 1.64 bits per heavy atom. The van der Waals surface area contributed by atoms with Gasteiger partial charge in [-0.05, 0) is 69.2 Å². The Morgan fingerprint density at radius 1 is 1.04 bits per heavy atom. The van der Waals surface area contributed by atoms with Crippen LogP contribution in [0.3, 0.4) is 0 Å². The highest BCUT2D eigenvalue weighted by molar-refractivity contribution is 7.89. The van der Waals surface area contributed by atoms with Gasteiger partial charge in [-0.2, -0.15) is 4.31 Å². The third kappa shape index (κ3) is 4.27. The van der Waals surface area contributed by atoms with Crippen LogP contribution in [0.25, 0.3) is 0 Å². The van der Waals surface area contributed by atoms with Gasteiger partial charge in [-0.1, -0.05) is 12.1 Å². The van der Waals surface area contributed by atoms with E-state index in [4.69, 9.17) is 4.74 Å². The molecule has 2 aromatic carbocycles. The van der Waals surface area contributed by atoms with Crippen LogP contribution in [0.15, 0.2) is 47.4 Å². The fourth-order valence-corrected chi connectivity index (χ4v) is 4.93. The Kier molecular flexibility index (Phi) is 5.88. The van der Waals surface area contributed by atoms with E-state index in [0.29, 0.717) is 18.7 Å². The summed E-state index contributed by atoms with van der Waals surface area (Å²) >= 11 is 0. The lowest BCUT2D eigenvalue weighted by Crippen LogP contribution is -2.48. The van der Waals surface area contributed by atoms with Crippen molar-refractivity contribution in [3.63, 3.8) is 0 Å². The predicted octanol–water partition coefficient (Wildman–Crippen LogP) is 3.35. The van der Waals surface area contributed by atoms with Crippen LogP contribution in [-0.2, 0) is 14.8 Å². The average Bonchev–Trinajstić information content (AvgIpc) is 2.64. The van der Waals surface area contributed by atoms with Gasteiger partial charge in [-0.25, -0.2) is 8.42 Å². The number of nitrogens with zero attached hydrogens (tertiary/aromatic N) is 1. The number of benzene rings is 2. The lowest BCUT2D eigenvalue weighted by Gasteiger charge is -2.34. The highest BCUT2D eigenvalue weighted by Crippen LogP contribution is 2.22. The summed E-state index contributed by atoms with van der Waals surface area (Å²) in [7, 11) is -3.62. The fourth-order valence-electron chi connectivity index (χ4n) is 3.34. The minimum absolute atomic E-state index is 0.152. The summed E-state index contributed by atoms with van der Waals surface area (Å²) in [5.41, 5.74) is 3.25. The topological polar surface area (TPSA) is 75.7 Å². The Bertz CT molecular complexity index is 960. The van der Waals surface area contributed by atoms with Crippen LogP contribution < -0.4 is 5.32 Å². The molecule has 0 unspecified atom stereocenters. The first-order chi connectivity index (χ1) is 13.2. The Morgan fingerprint density at radius 3 is 2.25 bits per heavy atom. The minimum atomic E-state index is -3.62. The van der Waals surface area contributed by atoms with Gasteiger partial charge in [0.05, 0.1) is 17.1 Å². The van der Waals surface area contributed by atoms with E-state index in [1.165, 1.54) is 16.4 Å². The fraction of sp³-hybridized carbons (Fsp3) is 0.381. The van der Waals surface area contributed by atoms with Crippen LogP contribution in [-0.4, -0.2) is 43.9 Å². The van der Waals surface area contributed by atoms with Crippen molar-refractivity contribution in [2.75, 3.05) is 18.4 Å². The molecule has 1 saturated heterocycles. The molecule has 0 bridgehead atoms. The van der Waals surface area contributed by atoms with Crippen molar-refractivity contribution < 1.29 is 17.9 Å². The number of nitrogens with one attached hydrogen (secondary N) is 1.